The van der Waals surface area contributed by atoms with Gasteiger partial charge in [-0.2, -0.15) is 11.8 Å². The van der Waals surface area contributed by atoms with Crippen LogP contribution in [0.15, 0.2) is 0 Å². The zero-order chi connectivity index (χ0) is 8.65. The minimum atomic E-state index is 0.764. The van der Waals surface area contributed by atoms with Crippen LogP contribution in [0.3, 0.4) is 0 Å². The Morgan fingerprint density at radius 3 is 3.17 bits per heavy atom. The predicted molar refractivity (Wildman–Crippen MR) is 54.8 cm³/mol. The SMILES string of the molecule is CSCCOCC1CCCNC1. The zero-order valence-corrected chi connectivity index (χ0v) is 8.66. The Bertz CT molecular complexity index is 105. The van der Waals surface area contributed by atoms with E-state index in [1.807, 2.05) is 11.8 Å². The second kappa shape index (κ2) is 6.75. The Balaban J connectivity index is 1.91. The molecule has 3 heteroatoms. The summed E-state index contributed by atoms with van der Waals surface area (Å²) in [5, 5.41) is 3.39. The van der Waals surface area contributed by atoms with Crippen molar-refractivity contribution in [3.05, 3.63) is 0 Å². The summed E-state index contributed by atoms with van der Waals surface area (Å²) in [7, 11) is 0. The van der Waals surface area contributed by atoms with Crippen LogP contribution < -0.4 is 5.32 Å². The first kappa shape index (κ1) is 10.4. The fourth-order valence-corrected chi connectivity index (χ4v) is 1.74. The van der Waals surface area contributed by atoms with E-state index in [0.717, 1.165) is 31.4 Å². The number of thioether (sulfide) groups is 1. The Kier molecular flexibility index (Phi) is 5.82. The number of ether oxygens (including phenoxy) is 1. The number of hydrogen-bond acceptors (Lipinski definition) is 3. The molecular weight excluding hydrogens is 170 g/mol. The lowest BCUT2D eigenvalue weighted by Gasteiger charge is -2.22. The summed E-state index contributed by atoms with van der Waals surface area (Å²) >= 11 is 1.85. The molecular formula is C9H19NOS. The molecule has 1 aliphatic heterocycles. The quantitative estimate of drug-likeness (QED) is 0.660. The van der Waals surface area contributed by atoms with Gasteiger partial charge in [0.1, 0.15) is 0 Å². The first-order valence-corrected chi connectivity index (χ1v) is 6.10. The van der Waals surface area contributed by atoms with Gasteiger partial charge in [0.25, 0.3) is 0 Å². The van der Waals surface area contributed by atoms with Crippen molar-refractivity contribution in [1.82, 2.24) is 5.32 Å². The number of piperidine rings is 1. The van der Waals surface area contributed by atoms with Crippen molar-refractivity contribution in [2.75, 3.05) is 38.3 Å². The lowest BCUT2D eigenvalue weighted by molar-refractivity contribution is 0.102. The van der Waals surface area contributed by atoms with Crippen LogP contribution in [0, 0.1) is 5.92 Å². The van der Waals surface area contributed by atoms with Crippen LogP contribution in [-0.2, 0) is 4.74 Å². The van der Waals surface area contributed by atoms with Crippen LogP contribution in [0.5, 0.6) is 0 Å². The van der Waals surface area contributed by atoms with E-state index in [9.17, 15) is 0 Å². The van der Waals surface area contributed by atoms with Gasteiger partial charge in [-0.05, 0) is 31.6 Å². The smallest absolute Gasteiger partial charge is 0.0556 e. The van der Waals surface area contributed by atoms with Crippen LogP contribution in [0.25, 0.3) is 0 Å². The molecule has 0 aromatic carbocycles. The molecule has 0 radical (unpaired) electrons. The standard InChI is InChI=1S/C9H19NOS/c1-12-6-5-11-8-9-3-2-4-10-7-9/h9-10H,2-8H2,1H3. The van der Waals surface area contributed by atoms with Gasteiger partial charge in [-0.25, -0.2) is 0 Å². The molecule has 1 aliphatic rings. The molecule has 1 N–H and O–H groups in total. The van der Waals surface area contributed by atoms with Crippen molar-refractivity contribution >= 4 is 11.8 Å². The van der Waals surface area contributed by atoms with Crippen molar-refractivity contribution in [2.24, 2.45) is 5.92 Å². The largest absolute Gasteiger partial charge is 0.380 e. The van der Waals surface area contributed by atoms with E-state index in [0.29, 0.717) is 0 Å². The molecule has 12 heavy (non-hydrogen) atoms. The Morgan fingerprint density at radius 2 is 2.50 bits per heavy atom. The van der Waals surface area contributed by atoms with Crippen molar-refractivity contribution in [2.45, 2.75) is 12.8 Å². The first-order chi connectivity index (χ1) is 5.93. The van der Waals surface area contributed by atoms with Crippen LogP contribution in [0.1, 0.15) is 12.8 Å². The monoisotopic (exact) mass is 189 g/mol. The Morgan fingerprint density at radius 1 is 1.58 bits per heavy atom. The van der Waals surface area contributed by atoms with Gasteiger partial charge in [-0.3, -0.25) is 0 Å². The van der Waals surface area contributed by atoms with Gasteiger partial charge in [0.05, 0.1) is 13.2 Å². The van der Waals surface area contributed by atoms with Crippen molar-refractivity contribution < 1.29 is 4.74 Å². The van der Waals surface area contributed by atoms with Gasteiger partial charge < -0.3 is 10.1 Å². The summed E-state index contributed by atoms with van der Waals surface area (Å²) in [5.41, 5.74) is 0. The topological polar surface area (TPSA) is 21.3 Å². The molecule has 1 rings (SSSR count). The fraction of sp³-hybridized carbons (Fsp3) is 1.00. The summed E-state index contributed by atoms with van der Waals surface area (Å²) in [6, 6.07) is 0. The normalized spacial score (nSPS) is 24.2. The summed E-state index contributed by atoms with van der Waals surface area (Å²) in [6.07, 6.45) is 4.77. The molecule has 1 saturated heterocycles. The third kappa shape index (κ3) is 4.33. The van der Waals surface area contributed by atoms with Crippen LogP contribution in [-0.4, -0.2) is 38.3 Å². The highest BCUT2D eigenvalue weighted by Gasteiger charge is 2.12. The molecule has 0 bridgehead atoms. The van der Waals surface area contributed by atoms with Gasteiger partial charge in [-0.15, -0.1) is 0 Å². The van der Waals surface area contributed by atoms with Gasteiger partial charge in [0.15, 0.2) is 0 Å². The average molecular weight is 189 g/mol. The molecule has 2 nitrogen and oxygen atoms in total. The van der Waals surface area contributed by atoms with E-state index in [1.165, 1.54) is 19.4 Å². The van der Waals surface area contributed by atoms with E-state index < -0.39 is 0 Å². The third-order valence-corrected chi connectivity index (χ3v) is 2.76. The Labute approximate surface area is 79.4 Å². The number of nitrogens with one attached hydrogen (secondary N) is 1. The maximum absolute atomic E-state index is 5.55. The highest BCUT2D eigenvalue weighted by molar-refractivity contribution is 7.98. The zero-order valence-electron chi connectivity index (χ0n) is 7.84. The van der Waals surface area contributed by atoms with Crippen molar-refractivity contribution in [3.63, 3.8) is 0 Å². The molecule has 1 heterocycles. The second-order valence-corrected chi connectivity index (χ2v) is 4.27. The maximum atomic E-state index is 5.55. The number of rotatable bonds is 5. The van der Waals surface area contributed by atoms with E-state index in [2.05, 4.69) is 11.6 Å². The predicted octanol–water partition coefficient (Wildman–Crippen LogP) is 1.37. The summed E-state index contributed by atoms with van der Waals surface area (Å²) < 4.78 is 5.55. The molecule has 1 fully saturated rings. The minimum Gasteiger partial charge on any atom is -0.380 e. The third-order valence-electron chi connectivity index (χ3n) is 2.18. The molecule has 0 aliphatic carbocycles. The molecule has 1 unspecified atom stereocenters. The van der Waals surface area contributed by atoms with E-state index in [-0.39, 0.29) is 0 Å². The van der Waals surface area contributed by atoms with Crippen LogP contribution >= 0.6 is 11.8 Å². The summed E-state index contributed by atoms with van der Waals surface area (Å²) in [5.74, 6) is 1.89. The van der Waals surface area contributed by atoms with E-state index in [1.54, 1.807) is 0 Å². The van der Waals surface area contributed by atoms with Crippen LogP contribution in [0.2, 0.25) is 0 Å². The fourth-order valence-electron chi connectivity index (χ4n) is 1.46. The van der Waals surface area contributed by atoms with Gasteiger partial charge >= 0.3 is 0 Å². The van der Waals surface area contributed by atoms with E-state index >= 15 is 0 Å². The molecule has 1 atom stereocenters. The molecule has 0 aromatic rings. The first-order valence-electron chi connectivity index (χ1n) is 4.71. The molecule has 0 aromatic heterocycles. The summed E-state index contributed by atoms with van der Waals surface area (Å²) in [6.45, 7) is 4.21. The van der Waals surface area contributed by atoms with Crippen molar-refractivity contribution in [1.29, 1.82) is 0 Å². The molecule has 72 valence electrons. The lowest BCUT2D eigenvalue weighted by Crippen LogP contribution is -2.32. The summed E-state index contributed by atoms with van der Waals surface area (Å²) in [4.78, 5) is 0. The maximum Gasteiger partial charge on any atom is 0.0556 e. The van der Waals surface area contributed by atoms with Crippen molar-refractivity contribution in [3.8, 4) is 0 Å². The number of hydrogen-bond donors (Lipinski definition) is 1. The molecule has 0 spiro atoms. The minimum absolute atomic E-state index is 0.764. The highest BCUT2D eigenvalue weighted by atomic mass is 32.2. The van der Waals surface area contributed by atoms with E-state index in [4.69, 9.17) is 4.74 Å². The molecule has 0 saturated carbocycles. The lowest BCUT2D eigenvalue weighted by atomic mass is 10.0. The van der Waals surface area contributed by atoms with Gasteiger partial charge in [0.2, 0.25) is 0 Å². The second-order valence-electron chi connectivity index (χ2n) is 3.28. The van der Waals surface area contributed by atoms with Gasteiger partial charge in [0, 0.05) is 12.3 Å². The van der Waals surface area contributed by atoms with Crippen LogP contribution in [0.4, 0.5) is 0 Å². The Hall–Kier alpha value is 0.270. The molecule has 0 amide bonds. The highest BCUT2D eigenvalue weighted by Crippen LogP contribution is 2.09. The van der Waals surface area contributed by atoms with Gasteiger partial charge in [-0.1, -0.05) is 0 Å². The average Bonchev–Trinajstić information content (AvgIpc) is 2.14.